The van der Waals surface area contributed by atoms with E-state index < -0.39 is 5.60 Å². The number of esters is 1. The van der Waals surface area contributed by atoms with Crippen molar-refractivity contribution in [1.82, 2.24) is 0 Å². The SMILES string of the molecule is COC(=O)[C@H]1C[C@@]1(OCc1ccccc1)c1ccccc1. The molecule has 1 aliphatic rings. The molecular formula is C18H18O3. The van der Waals surface area contributed by atoms with Crippen LogP contribution >= 0.6 is 0 Å². The highest BCUT2D eigenvalue weighted by Crippen LogP contribution is 2.56. The molecule has 2 atom stereocenters. The van der Waals surface area contributed by atoms with Gasteiger partial charge in [0, 0.05) is 0 Å². The minimum Gasteiger partial charge on any atom is -0.469 e. The van der Waals surface area contributed by atoms with Crippen molar-refractivity contribution in [3.05, 3.63) is 71.8 Å². The molecule has 0 heterocycles. The van der Waals surface area contributed by atoms with Gasteiger partial charge < -0.3 is 9.47 Å². The summed E-state index contributed by atoms with van der Waals surface area (Å²) in [5.41, 5.74) is 1.60. The van der Waals surface area contributed by atoms with Crippen LogP contribution in [0.5, 0.6) is 0 Å². The lowest BCUT2D eigenvalue weighted by Crippen LogP contribution is -2.20. The Morgan fingerprint density at radius 3 is 2.33 bits per heavy atom. The monoisotopic (exact) mass is 282 g/mol. The number of hydrogen-bond donors (Lipinski definition) is 0. The number of rotatable bonds is 5. The van der Waals surface area contributed by atoms with Gasteiger partial charge in [-0.1, -0.05) is 60.7 Å². The first-order chi connectivity index (χ1) is 10.3. The molecule has 108 valence electrons. The molecule has 0 unspecified atom stereocenters. The summed E-state index contributed by atoms with van der Waals surface area (Å²) in [5.74, 6) is -0.416. The summed E-state index contributed by atoms with van der Waals surface area (Å²) in [7, 11) is 1.42. The summed E-state index contributed by atoms with van der Waals surface area (Å²) in [4.78, 5) is 11.9. The normalized spacial score (nSPS) is 23.6. The van der Waals surface area contributed by atoms with E-state index in [-0.39, 0.29) is 11.9 Å². The number of ether oxygens (including phenoxy) is 2. The van der Waals surface area contributed by atoms with E-state index in [1.54, 1.807) is 0 Å². The van der Waals surface area contributed by atoms with Crippen LogP contribution in [-0.4, -0.2) is 13.1 Å². The summed E-state index contributed by atoms with van der Waals surface area (Å²) in [5, 5.41) is 0. The zero-order chi connectivity index (χ0) is 14.7. The van der Waals surface area contributed by atoms with Gasteiger partial charge in [0.25, 0.3) is 0 Å². The molecule has 3 rings (SSSR count). The molecule has 0 bridgehead atoms. The molecule has 0 saturated heterocycles. The van der Waals surface area contributed by atoms with E-state index in [1.807, 2.05) is 60.7 Å². The summed E-state index contributed by atoms with van der Waals surface area (Å²) < 4.78 is 11.0. The Labute approximate surface area is 124 Å². The second-order valence-corrected chi connectivity index (χ2v) is 5.31. The van der Waals surface area contributed by atoms with Gasteiger partial charge >= 0.3 is 5.97 Å². The third-order valence-electron chi connectivity index (χ3n) is 4.00. The Balaban J connectivity index is 1.80. The molecule has 3 heteroatoms. The predicted octanol–water partition coefficient (Wildman–Crippen LogP) is 3.29. The molecule has 1 saturated carbocycles. The lowest BCUT2D eigenvalue weighted by atomic mass is 10.1. The molecule has 2 aromatic carbocycles. The van der Waals surface area contributed by atoms with Crippen molar-refractivity contribution in [2.45, 2.75) is 18.6 Å². The standard InChI is InChI=1S/C18H18O3/c1-20-17(19)16-12-18(16,15-10-6-3-7-11-15)21-13-14-8-4-2-5-9-14/h2-11,16H,12-13H2,1H3/t16-,18-/m1/s1. The highest BCUT2D eigenvalue weighted by molar-refractivity contribution is 5.78. The lowest BCUT2D eigenvalue weighted by Gasteiger charge is -2.19. The van der Waals surface area contributed by atoms with Crippen LogP contribution in [0, 0.1) is 5.92 Å². The average Bonchev–Trinajstić information content (AvgIpc) is 3.30. The van der Waals surface area contributed by atoms with Crippen LogP contribution < -0.4 is 0 Å². The molecule has 2 aromatic rings. The fourth-order valence-electron chi connectivity index (χ4n) is 2.73. The zero-order valence-electron chi connectivity index (χ0n) is 12.0. The number of benzene rings is 2. The number of carbonyl (C=O) groups excluding carboxylic acids is 1. The van der Waals surface area contributed by atoms with E-state index in [9.17, 15) is 4.79 Å². The van der Waals surface area contributed by atoms with Crippen LogP contribution in [0.15, 0.2) is 60.7 Å². The predicted molar refractivity (Wildman–Crippen MR) is 79.5 cm³/mol. The van der Waals surface area contributed by atoms with Crippen molar-refractivity contribution >= 4 is 5.97 Å². The van der Waals surface area contributed by atoms with Gasteiger partial charge in [-0.3, -0.25) is 4.79 Å². The average molecular weight is 282 g/mol. The largest absolute Gasteiger partial charge is 0.469 e. The minimum absolute atomic E-state index is 0.202. The summed E-state index contributed by atoms with van der Waals surface area (Å²) in [6.07, 6.45) is 0.677. The smallest absolute Gasteiger partial charge is 0.312 e. The van der Waals surface area contributed by atoms with Crippen LogP contribution in [0.3, 0.4) is 0 Å². The van der Waals surface area contributed by atoms with Gasteiger partial charge in [0.1, 0.15) is 5.60 Å². The van der Waals surface area contributed by atoms with E-state index in [0.717, 1.165) is 11.1 Å². The second kappa shape index (κ2) is 5.70. The Morgan fingerprint density at radius 1 is 1.10 bits per heavy atom. The van der Waals surface area contributed by atoms with Gasteiger partial charge in [0.15, 0.2) is 0 Å². The van der Waals surface area contributed by atoms with Crippen molar-refractivity contribution in [2.75, 3.05) is 7.11 Å². The van der Waals surface area contributed by atoms with Gasteiger partial charge in [-0.15, -0.1) is 0 Å². The van der Waals surface area contributed by atoms with Gasteiger partial charge in [0.05, 0.1) is 19.6 Å². The van der Waals surface area contributed by atoms with E-state index >= 15 is 0 Å². The summed E-state index contributed by atoms with van der Waals surface area (Å²) >= 11 is 0. The molecule has 0 spiro atoms. The first-order valence-electron chi connectivity index (χ1n) is 7.07. The molecule has 0 radical (unpaired) electrons. The first-order valence-corrected chi connectivity index (χ1v) is 7.07. The molecule has 1 aliphatic carbocycles. The molecule has 0 N–H and O–H groups in total. The van der Waals surface area contributed by atoms with E-state index in [4.69, 9.17) is 9.47 Å². The summed E-state index contributed by atoms with van der Waals surface area (Å²) in [6.45, 7) is 0.489. The first kappa shape index (κ1) is 13.8. The van der Waals surface area contributed by atoms with Crippen molar-refractivity contribution in [1.29, 1.82) is 0 Å². The molecule has 3 nitrogen and oxygen atoms in total. The van der Waals surface area contributed by atoms with Crippen molar-refractivity contribution in [3.63, 3.8) is 0 Å². The third-order valence-corrected chi connectivity index (χ3v) is 4.00. The zero-order valence-corrected chi connectivity index (χ0v) is 12.0. The lowest BCUT2D eigenvalue weighted by molar-refractivity contribution is -0.145. The van der Waals surface area contributed by atoms with Gasteiger partial charge in [-0.25, -0.2) is 0 Å². The Kier molecular flexibility index (Phi) is 3.76. The number of hydrogen-bond acceptors (Lipinski definition) is 3. The summed E-state index contributed by atoms with van der Waals surface area (Å²) in [6, 6.07) is 19.9. The number of carbonyl (C=O) groups is 1. The fraction of sp³-hybridized carbons (Fsp3) is 0.278. The maximum Gasteiger partial charge on any atom is 0.312 e. The Morgan fingerprint density at radius 2 is 1.71 bits per heavy atom. The number of methoxy groups -OCH3 is 1. The maximum absolute atomic E-state index is 11.9. The molecule has 1 fully saturated rings. The van der Waals surface area contributed by atoms with Crippen LogP contribution in [0.2, 0.25) is 0 Å². The third kappa shape index (κ3) is 2.69. The van der Waals surface area contributed by atoms with Crippen molar-refractivity contribution in [2.24, 2.45) is 5.92 Å². The van der Waals surface area contributed by atoms with E-state index in [2.05, 4.69) is 0 Å². The highest BCUT2D eigenvalue weighted by atomic mass is 16.5. The van der Waals surface area contributed by atoms with Crippen molar-refractivity contribution in [3.8, 4) is 0 Å². The maximum atomic E-state index is 11.9. The quantitative estimate of drug-likeness (QED) is 0.789. The molecule has 0 aliphatic heterocycles. The second-order valence-electron chi connectivity index (χ2n) is 5.31. The molecule has 0 amide bonds. The highest BCUT2D eigenvalue weighted by Gasteiger charge is 2.61. The van der Waals surface area contributed by atoms with E-state index in [1.165, 1.54) is 7.11 Å². The van der Waals surface area contributed by atoms with Crippen LogP contribution in [0.1, 0.15) is 17.5 Å². The Bertz CT molecular complexity index is 609. The van der Waals surface area contributed by atoms with E-state index in [0.29, 0.717) is 13.0 Å². The van der Waals surface area contributed by atoms with Crippen LogP contribution in [0.4, 0.5) is 0 Å². The van der Waals surface area contributed by atoms with Crippen LogP contribution in [0.25, 0.3) is 0 Å². The minimum atomic E-state index is -0.538. The van der Waals surface area contributed by atoms with Gasteiger partial charge in [-0.2, -0.15) is 0 Å². The van der Waals surface area contributed by atoms with Crippen molar-refractivity contribution < 1.29 is 14.3 Å². The fourth-order valence-corrected chi connectivity index (χ4v) is 2.73. The van der Waals surface area contributed by atoms with Gasteiger partial charge in [-0.05, 0) is 17.5 Å². The van der Waals surface area contributed by atoms with Crippen LogP contribution in [-0.2, 0) is 26.5 Å². The molecule has 21 heavy (non-hydrogen) atoms. The molecular weight excluding hydrogens is 264 g/mol. The Hall–Kier alpha value is -2.13. The van der Waals surface area contributed by atoms with Gasteiger partial charge in [0.2, 0.25) is 0 Å². The molecule has 0 aromatic heterocycles. The topological polar surface area (TPSA) is 35.5 Å².